The fourth-order valence-corrected chi connectivity index (χ4v) is 7.22. The topological polar surface area (TPSA) is 0 Å². The Balaban J connectivity index is 1.55. The van der Waals surface area contributed by atoms with Crippen LogP contribution in [0.15, 0.2) is 0 Å². The molecule has 0 amide bonds. The molecule has 3 atom stereocenters. The van der Waals surface area contributed by atoms with Gasteiger partial charge < -0.3 is 0 Å². The van der Waals surface area contributed by atoms with E-state index in [1.165, 1.54) is 12.8 Å². The summed E-state index contributed by atoms with van der Waals surface area (Å²) in [5, 5.41) is 0. The van der Waals surface area contributed by atoms with Gasteiger partial charge in [0.05, 0.1) is 0 Å². The van der Waals surface area contributed by atoms with Gasteiger partial charge in [0.15, 0.2) is 0 Å². The minimum absolute atomic E-state index is 0.836. The summed E-state index contributed by atoms with van der Waals surface area (Å²) in [6, 6.07) is 0. The van der Waals surface area contributed by atoms with Crippen LogP contribution in [0, 0.1) is 40.9 Å². The predicted molar refractivity (Wildman–Crippen MR) is 80.9 cm³/mol. The number of hydrogen-bond acceptors (Lipinski definition) is 0. The van der Waals surface area contributed by atoms with Crippen LogP contribution in [0.4, 0.5) is 0 Å². The average molecular weight is 260 g/mol. The highest BCUT2D eigenvalue weighted by molar-refractivity contribution is 5.05. The molecule has 5 aliphatic rings. The molecule has 108 valence electrons. The zero-order valence-corrected chi connectivity index (χ0v) is 13.0. The lowest BCUT2D eigenvalue weighted by Gasteiger charge is -2.61. The third kappa shape index (κ3) is 2.00. The van der Waals surface area contributed by atoms with Crippen LogP contribution in [-0.2, 0) is 0 Å². The van der Waals surface area contributed by atoms with Crippen molar-refractivity contribution in [3.05, 3.63) is 0 Å². The Morgan fingerprint density at radius 1 is 0.842 bits per heavy atom. The SMILES string of the molecule is CCC1CC(C23CC4CC(CC(C4)C2)C3)CCC1C. The molecule has 0 spiro atoms. The minimum atomic E-state index is 0.836. The molecule has 0 aromatic carbocycles. The Labute approximate surface area is 119 Å². The Kier molecular flexibility index (Phi) is 3.01. The van der Waals surface area contributed by atoms with Gasteiger partial charge in [-0.05, 0) is 92.3 Å². The smallest absolute Gasteiger partial charge is 0.0261 e. The first kappa shape index (κ1) is 12.7. The summed E-state index contributed by atoms with van der Waals surface area (Å²) >= 11 is 0. The predicted octanol–water partition coefficient (Wildman–Crippen LogP) is 5.67. The van der Waals surface area contributed by atoms with Gasteiger partial charge in [0, 0.05) is 0 Å². The fraction of sp³-hybridized carbons (Fsp3) is 1.00. The van der Waals surface area contributed by atoms with E-state index >= 15 is 0 Å². The molecule has 0 N–H and O–H groups in total. The van der Waals surface area contributed by atoms with Gasteiger partial charge in [-0.1, -0.05) is 26.7 Å². The lowest BCUT2D eigenvalue weighted by Crippen LogP contribution is -2.50. The van der Waals surface area contributed by atoms with Crippen molar-refractivity contribution in [3.8, 4) is 0 Å². The Morgan fingerprint density at radius 3 is 1.95 bits per heavy atom. The third-order valence-corrected chi connectivity index (χ3v) is 7.84. The van der Waals surface area contributed by atoms with Gasteiger partial charge >= 0.3 is 0 Å². The molecular weight excluding hydrogens is 228 g/mol. The van der Waals surface area contributed by atoms with Crippen LogP contribution in [-0.4, -0.2) is 0 Å². The van der Waals surface area contributed by atoms with E-state index in [9.17, 15) is 0 Å². The minimum Gasteiger partial charge on any atom is -0.0651 e. The molecule has 0 nitrogen and oxygen atoms in total. The molecule has 5 fully saturated rings. The van der Waals surface area contributed by atoms with Crippen LogP contribution in [0.5, 0.6) is 0 Å². The van der Waals surface area contributed by atoms with Crippen molar-refractivity contribution in [2.75, 3.05) is 0 Å². The second-order valence-electron chi connectivity index (χ2n) is 8.94. The maximum Gasteiger partial charge on any atom is -0.0261 e. The number of hydrogen-bond donors (Lipinski definition) is 0. The van der Waals surface area contributed by atoms with Crippen molar-refractivity contribution in [3.63, 3.8) is 0 Å². The van der Waals surface area contributed by atoms with Gasteiger partial charge in [-0.2, -0.15) is 0 Å². The molecule has 0 heteroatoms. The highest BCUT2D eigenvalue weighted by Crippen LogP contribution is 2.65. The highest BCUT2D eigenvalue weighted by atomic mass is 14.6. The molecule has 0 saturated heterocycles. The van der Waals surface area contributed by atoms with Gasteiger partial charge in [-0.25, -0.2) is 0 Å². The molecule has 19 heavy (non-hydrogen) atoms. The van der Waals surface area contributed by atoms with Gasteiger partial charge in [0.2, 0.25) is 0 Å². The van der Waals surface area contributed by atoms with E-state index in [1.807, 2.05) is 0 Å². The van der Waals surface area contributed by atoms with E-state index in [4.69, 9.17) is 0 Å². The van der Waals surface area contributed by atoms with Gasteiger partial charge in [-0.3, -0.25) is 0 Å². The molecule has 5 aliphatic carbocycles. The van der Waals surface area contributed by atoms with Crippen LogP contribution in [0.2, 0.25) is 0 Å². The van der Waals surface area contributed by atoms with E-state index in [-0.39, 0.29) is 0 Å². The van der Waals surface area contributed by atoms with E-state index in [0.717, 1.165) is 40.9 Å². The molecule has 4 bridgehead atoms. The maximum absolute atomic E-state index is 2.52. The number of rotatable bonds is 2. The van der Waals surface area contributed by atoms with Crippen molar-refractivity contribution < 1.29 is 0 Å². The summed E-state index contributed by atoms with van der Waals surface area (Å²) in [5.41, 5.74) is 0.836. The van der Waals surface area contributed by atoms with Crippen LogP contribution in [0.25, 0.3) is 0 Å². The molecule has 0 aliphatic heterocycles. The Hall–Kier alpha value is 0. The molecular formula is C19H32. The molecule has 5 saturated carbocycles. The largest absolute Gasteiger partial charge is 0.0651 e. The van der Waals surface area contributed by atoms with Gasteiger partial charge in [0.25, 0.3) is 0 Å². The first-order chi connectivity index (χ1) is 9.18. The van der Waals surface area contributed by atoms with Crippen LogP contribution >= 0.6 is 0 Å². The second kappa shape index (κ2) is 4.50. The third-order valence-electron chi connectivity index (χ3n) is 7.84. The van der Waals surface area contributed by atoms with Crippen LogP contribution in [0.1, 0.15) is 78.1 Å². The summed E-state index contributed by atoms with van der Waals surface area (Å²) in [5.74, 6) is 6.60. The van der Waals surface area contributed by atoms with Crippen LogP contribution < -0.4 is 0 Å². The second-order valence-corrected chi connectivity index (χ2v) is 8.94. The summed E-state index contributed by atoms with van der Waals surface area (Å²) in [4.78, 5) is 0. The standard InChI is InChI=1S/C19H32/c1-3-17-9-18(5-4-13(17)2)19-10-14-6-15(11-19)8-16(7-14)12-19/h13-18H,3-12H2,1-2H3. The molecule has 0 heterocycles. The lowest BCUT2D eigenvalue weighted by atomic mass is 9.44. The van der Waals surface area contributed by atoms with Crippen LogP contribution in [0.3, 0.4) is 0 Å². The zero-order valence-electron chi connectivity index (χ0n) is 13.0. The molecule has 5 rings (SSSR count). The molecule has 0 radical (unpaired) electrons. The quantitative estimate of drug-likeness (QED) is 0.600. The highest BCUT2D eigenvalue weighted by Gasteiger charge is 2.54. The summed E-state index contributed by atoms with van der Waals surface area (Å²) in [6.07, 6.45) is 15.9. The van der Waals surface area contributed by atoms with E-state index in [0.29, 0.717) is 0 Å². The van der Waals surface area contributed by atoms with Crippen molar-refractivity contribution >= 4 is 0 Å². The Morgan fingerprint density at radius 2 is 1.42 bits per heavy atom. The molecule has 0 aromatic rings. The monoisotopic (exact) mass is 260 g/mol. The first-order valence-corrected chi connectivity index (χ1v) is 9.18. The molecule has 3 unspecified atom stereocenters. The van der Waals surface area contributed by atoms with Crippen molar-refractivity contribution in [2.45, 2.75) is 78.1 Å². The van der Waals surface area contributed by atoms with E-state index in [1.54, 1.807) is 51.4 Å². The summed E-state index contributed by atoms with van der Waals surface area (Å²) in [6.45, 7) is 4.95. The maximum atomic E-state index is 2.52. The Bertz CT molecular complexity index is 307. The van der Waals surface area contributed by atoms with E-state index < -0.39 is 0 Å². The summed E-state index contributed by atoms with van der Waals surface area (Å²) < 4.78 is 0. The van der Waals surface area contributed by atoms with Gasteiger partial charge in [0.1, 0.15) is 0 Å². The fourth-order valence-electron chi connectivity index (χ4n) is 7.22. The zero-order chi connectivity index (χ0) is 13.0. The van der Waals surface area contributed by atoms with Gasteiger partial charge in [-0.15, -0.1) is 0 Å². The summed E-state index contributed by atoms with van der Waals surface area (Å²) in [7, 11) is 0. The van der Waals surface area contributed by atoms with E-state index in [2.05, 4.69) is 13.8 Å². The lowest BCUT2D eigenvalue weighted by molar-refractivity contribution is -0.103. The van der Waals surface area contributed by atoms with Crippen molar-refractivity contribution in [2.24, 2.45) is 40.9 Å². The van der Waals surface area contributed by atoms with Crippen molar-refractivity contribution in [1.82, 2.24) is 0 Å². The van der Waals surface area contributed by atoms with Crippen molar-refractivity contribution in [1.29, 1.82) is 0 Å². The normalized spacial score (nSPS) is 56.5. The molecule has 0 aromatic heterocycles. The average Bonchev–Trinajstić information content (AvgIpc) is 2.37. The first-order valence-electron chi connectivity index (χ1n) is 9.18.